The Kier molecular flexibility index (Phi) is 6.89. The van der Waals surface area contributed by atoms with E-state index in [4.69, 9.17) is 21.1 Å². The van der Waals surface area contributed by atoms with E-state index in [1.807, 2.05) is 37.3 Å². The molecule has 6 nitrogen and oxygen atoms in total. The molecule has 1 heterocycles. The van der Waals surface area contributed by atoms with Gasteiger partial charge in [-0.2, -0.15) is 0 Å². The molecule has 1 unspecified atom stereocenters. The molecule has 7 heteroatoms. The van der Waals surface area contributed by atoms with E-state index in [2.05, 4.69) is 0 Å². The minimum Gasteiger partial charge on any atom is -0.507 e. The van der Waals surface area contributed by atoms with Crippen molar-refractivity contribution in [1.82, 2.24) is 0 Å². The van der Waals surface area contributed by atoms with Crippen molar-refractivity contribution in [2.24, 2.45) is 0 Å². The summed E-state index contributed by atoms with van der Waals surface area (Å²) in [6.45, 7) is 2.53. The number of nitrogens with zero attached hydrogens (tertiary/aromatic N) is 1. The number of hydrogen-bond donors (Lipinski definition) is 1. The number of carbonyl (C=O) groups excluding carboxylic acids is 2. The highest BCUT2D eigenvalue weighted by Gasteiger charge is 2.47. The molecule has 1 aliphatic rings. The van der Waals surface area contributed by atoms with Crippen LogP contribution in [0, 0.1) is 0 Å². The molecule has 0 spiro atoms. The molecule has 34 heavy (non-hydrogen) atoms. The SMILES string of the molecule is CCCOc1cccc(N2C(=O)C(=O)/C(=C(/O)c3cc(Cl)ccc3OC)C2c2ccccc2)c1. The van der Waals surface area contributed by atoms with Crippen molar-refractivity contribution in [2.75, 3.05) is 18.6 Å². The number of amides is 1. The maximum atomic E-state index is 13.3. The zero-order chi connectivity index (χ0) is 24.2. The fourth-order valence-corrected chi connectivity index (χ4v) is 4.18. The fourth-order valence-electron chi connectivity index (χ4n) is 4.00. The fraction of sp³-hybridized carbons (Fsp3) is 0.185. The number of Topliss-reactive ketones (excluding diaryl/α,β-unsaturated/α-hetero) is 1. The highest BCUT2D eigenvalue weighted by Crippen LogP contribution is 2.44. The number of aliphatic hydroxyl groups excluding tert-OH is 1. The number of ketones is 1. The van der Waals surface area contributed by atoms with E-state index in [1.54, 1.807) is 36.4 Å². The largest absolute Gasteiger partial charge is 0.507 e. The molecular weight excluding hydrogens is 454 g/mol. The number of anilines is 1. The molecule has 174 valence electrons. The van der Waals surface area contributed by atoms with Crippen LogP contribution in [0.15, 0.2) is 78.4 Å². The molecule has 4 rings (SSSR count). The maximum Gasteiger partial charge on any atom is 0.300 e. The summed E-state index contributed by atoms with van der Waals surface area (Å²) in [6.07, 6.45) is 0.834. The number of carbonyl (C=O) groups is 2. The van der Waals surface area contributed by atoms with E-state index in [1.165, 1.54) is 18.1 Å². The first-order valence-electron chi connectivity index (χ1n) is 10.9. The molecule has 0 aliphatic carbocycles. The molecule has 1 atom stereocenters. The Morgan fingerprint density at radius 3 is 2.50 bits per heavy atom. The van der Waals surface area contributed by atoms with Crippen LogP contribution in [0.2, 0.25) is 5.02 Å². The van der Waals surface area contributed by atoms with Crippen LogP contribution in [0.4, 0.5) is 5.69 Å². The monoisotopic (exact) mass is 477 g/mol. The quantitative estimate of drug-likeness (QED) is 0.266. The standard InChI is InChI=1S/C27H24ClNO5/c1-3-14-34-20-11-7-10-19(16-20)29-24(17-8-5-4-6-9-17)23(26(31)27(29)32)25(30)21-15-18(28)12-13-22(21)33-2/h4-13,15-16,24,30H,3,14H2,1-2H3/b25-23+. The summed E-state index contributed by atoms with van der Waals surface area (Å²) in [7, 11) is 1.45. The van der Waals surface area contributed by atoms with Gasteiger partial charge in [-0.1, -0.05) is 54.9 Å². The lowest BCUT2D eigenvalue weighted by atomic mass is 9.95. The van der Waals surface area contributed by atoms with E-state index >= 15 is 0 Å². The van der Waals surface area contributed by atoms with Gasteiger partial charge in [-0.15, -0.1) is 0 Å². The lowest BCUT2D eigenvalue weighted by Crippen LogP contribution is -2.29. The summed E-state index contributed by atoms with van der Waals surface area (Å²) in [5.41, 5.74) is 1.34. The van der Waals surface area contributed by atoms with Crippen molar-refractivity contribution < 1.29 is 24.2 Å². The summed E-state index contributed by atoms with van der Waals surface area (Å²) in [4.78, 5) is 28.0. The third kappa shape index (κ3) is 4.37. The number of ether oxygens (including phenoxy) is 2. The first-order chi connectivity index (χ1) is 16.5. The number of halogens is 1. The Balaban J connectivity index is 1.92. The molecule has 1 saturated heterocycles. The van der Waals surface area contributed by atoms with Crippen LogP contribution in [0.1, 0.15) is 30.5 Å². The minimum absolute atomic E-state index is 0.0448. The smallest absolute Gasteiger partial charge is 0.300 e. The van der Waals surface area contributed by atoms with Crippen LogP contribution in [0.3, 0.4) is 0 Å². The predicted molar refractivity (Wildman–Crippen MR) is 131 cm³/mol. The second-order valence-electron chi connectivity index (χ2n) is 7.77. The van der Waals surface area contributed by atoms with Crippen LogP contribution >= 0.6 is 11.6 Å². The summed E-state index contributed by atoms with van der Waals surface area (Å²) in [5, 5.41) is 11.7. The molecule has 3 aromatic carbocycles. The molecule has 0 aromatic heterocycles. The van der Waals surface area contributed by atoms with Gasteiger partial charge in [0.1, 0.15) is 17.3 Å². The van der Waals surface area contributed by atoms with Gasteiger partial charge >= 0.3 is 0 Å². The highest BCUT2D eigenvalue weighted by molar-refractivity contribution is 6.51. The number of aliphatic hydroxyl groups is 1. The van der Waals surface area contributed by atoms with E-state index in [-0.39, 0.29) is 16.9 Å². The second-order valence-corrected chi connectivity index (χ2v) is 8.21. The first-order valence-corrected chi connectivity index (χ1v) is 11.3. The van der Waals surface area contributed by atoms with Crippen molar-refractivity contribution in [3.8, 4) is 11.5 Å². The van der Waals surface area contributed by atoms with Crippen molar-refractivity contribution in [2.45, 2.75) is 19.4 Å². The summed E-state index contributed by atoms with van der Waals surface area (Å²) in [5.74, 6) is -0.982. The number of methoxy groups -OCH3 is 1. The molecule has 1 fully saturated rings. The van der Waals surface area contributed by atoms with Gasteiger partial charge in [0, 0.05) is 16.8 Å². The maximum absolute atomic E-state index is 13.3. The number of hydrogen-bond acceptors (Lipinski definition) is 5. The third-order valence-corrected chi connectivity index (χ3v) is 5.78. The van der Waals surface area contributed by atoms with Crippen LogP contribution in [-0.4, -0.2) is 30.5 Å². The van der Waals surface area contributed by atoms with Gasteiger partial charge in [0.15, 0.2) is 0 Å². The topological polar surface area (TPSA) is 76.1 Å². The van der Waals surface area contributed by atoms with Crippen LogP contribution < -0.4 is 14.4 Å². The molecule has 0 saturated carbocycles. The Labute approximate surface area is 203 Å². The second kappa shape index (κ2) is 10.0. The minimum atomic E-state index is -0.855. The highest BCUT2D eigenvalue weighted by atomic mass is 35.5. The zero-order valence-electron chi connectivity index (χ0n) is 18.8. The van der Waals surface area contributed by atoms with E-state index < -0.39 is 17.7 Å². The first kappa shape index (κ1) is 23.4. The average Bonchev–Trinajstić information content (AvgIpc) is 3.13. The summed E-state index contributed by atoms with van der Waals surface area (Å²) in [6, 6.07) is 20.0. The summed E-state index contributed by atoms with van der Waals surface area (Å²) >= 11 is 6.16. The predicted octanol–water partition coefficient (Wildman–Crippen LogP) is 5.76. The lowest BCUT2D eigenvalue weighted by Gasteiger charge is -2.26. The Morgan fingerprint density at radius 2 is 1.79 bits per heavy atom. The molecule has 3 aromatic rings. The molecule has 1 aliphatic heterocycles. The van der Waals surface area contributed by atoms with Gasteiger partial charge in [0.25, 0.3) is 11.7 Å². The molecule has 1 N–H and O–H groups in total. The van der Waals surface area contributed by atoms with E-state index in [0.29, 0.717) is 34.4 Å². The lowest BCUT2D eigenvalue weighted by molar-refractivity contribution is -0.132. The van der Waals surface area contributed by atoms with Crippen molar-refractivity contribution >= 4 is 34.7 Å². The van der Waals surface area contributed by atoms with Gasteiger partial charge in [0.05, 0.1) is 30.9 Å². The third-order valence-electron chi connectivity index (χ3n) is 5.55. The van der Waals surface area contributed by atoms with Crippen molar-refractivity contribution in [3.05, 3.63) is 94.5 Å². The van der Waals surface area contributed by atoms with Gasteiger partial charge < -0.3 is 14.6 Å². The Bertz CT molecular complexity index is 1250. The molecule has 0 radical (unpaired) electrons. The van der Waals surface area contributed by atoms with Crippen LogP contribution in [0.25, 0.3) is 5.76 Å². The molecular formula is C27H24ClNO5. The van der Waals surface area contributed by atoms with Crippen molar-refractivity contribution in [1.29, 1.82) is 0 Å². The van der Waals surface area contributed by atoms with Crippen LogP contribution in [0.5, 0.6) is 11.5 Å². The Morgan fingerprint density at radius 1 is 1.03 bits per heavy atom. The molecule has 0 bridgehead atoms. The Hall–Kier alpha value is -3.77. The van der Waals surface area contributed by atoms with Gasteiger partial charge in [0.2, 0.25) is 0 Å². The van der Waals surface area contributed by atoms with Crippen LogP contribution in [-0.2, 0) is 9.59 Å². The van der Waals surface area contributed by atoms with Gasteiger partial charge in [-0.05, 0) is 42.3 Å². The van der Waals surface area contributed by atoms with Gasteiger partial charge in [-0.3, -0.25) is 14.5 Å². The number of benzene rings is 3. The molecule has 1 amide bonds. The normalized spacial score (nSPS) is 17.1. The van der Waals surface area contributed by atoms with Gasteiger partial charge in [-0.25, -0.2) is 0 Å². The van der Waals surface area contributed by atoms with E-state index in [0.717, 1.165) is 6.42 Å². The average molecular weight is 478 g/mol. The van der Waals surface area contributed by atoms with E-state index in [9.17, 15) is 14.7 Å². The van der Waals surface area contributed by atoms with Crippen molar-refractivity contribution in [3.63, 3.8) is 0 Å². The number of rotatable bonds is 7. The zero-order valence-corrected chi connectivity index (χ0v) is 19.6. The summed E-state index contributed by atoms with van der Waals surface area (Å²) < 4.78 is 11.1.